The van der Waals surface area contributed by atoms with Crippen LogP contribution in [-0.2, 0) is 4.79 Å². The number of para-hydroxylation sites is 1. The maximum absolute atomic E-state index is 12.4. The number of carbonyl (C=O) groups is 2. The summed E-state index contributed by atoms with van der Waals surface area (Å²) in [7, 11) is 1.63. The first-order valence-electron chi connectivity index (χ1n) is 9.41. The zero-order chi connectivity index (χ0) is 19.5. The smallest absolute Gasteiger partial charge is 0.289 e. The van der Waals surface area contributed by atoms with Gasteiger partial charge in [-0.1, -0.05) is 18.2 Å². The minimum absolute atomic E-state index is 0.00579. The van der Waals surface area contributed by atoms with Crippen LogP contribution < -0.4 is 15.4 Å². The van der Waals surface area contributed by atoms with Crippen molar-refractivity contribution in [2.75, 3.05) is 33.3 Å². The van der Waals surface area contributed by atoms with Gasteiger partial charge in [-0.15, -0.1) is 0 Å². The van der Waals surface area contributed by atoms with E-state index in [1.165, 1.54) is 6.26 Å². The third kappa shape index (κ3) is 3.74. The van der Waals surface area contributed by atoms with Gasteiger partial charge in [0.1, 0.15) is 12.0 Å². The number of nitrogens with one attached hydrogen (secondary N) is 2. The first-order valence-corrected chi connectivity index (χ1v) is 9.41. The Bertz CT molecular complexity index is 830. The number of hydrogen-bond donors (Lipinski definition) is 2. The molecular formula is C20H24N4O4. The molecule has 2 atom stereocenters. The number of benzene rings is 1. The Morgan fingerprint density at radius 1 is 1.14 bits per heavy atom. The van der Waals surface area contributed by atoms with E-state index >= 15 is 0 Å². The zero-order valence-electron chi connectivity index (χ0n) is 15.8. The Morgan fingerprint density at radius 2 is 1.93 bits per heavy atom. The minimum atomic E-state index is -0.281. The van der Waals surface area contributed by atoms with Crippen LogP contribution in [0.25, 0.3) is 0 Å². The molecule has 1 aromatic carbocycles. The number of ether oxygens (including phenoxy) is 1. The standard InChI is InChI=1S/C20H24N4O4/c1-27-16-6-3-2-5-14(16)15-13-18(25)22-20(21-15)24-10-8-23(9-11-24)19(26)17-7-4-12-28-17/h2-7,12,15,20-21H,8-11,13H2,1H3,(H,22,25). The van der Waals surface area contributed by atoms with Crippen molar-refractivity contribution < 1.29 is 18.7 Å². The fraction of sp³-hybridized carbons (Fsp3) is 0.400. The van der Waals surface area contributed by atoms with Gasteiger partial charge in [-0.25, -0.2) is 0 Å². The number of amides is 2. The SMILES string of the molecule is COc1ccccc1C1CC(=O)NC(N2CCN(C(=O)c3ccco3)CC2)N1. The van der Waals surface area contributed by atoms with Crippen molar-refractivity contribution in [1.82, 2.24) is 20.4 Å². The van der Waals surface area contributed by atoms with Crippen LogP contribution in [0.1, 0.15) is 28.6 Å². The molecule has 0 aliphatic carbocycles. The molecule has 148 valence electrons. The van der Waals surface area contributed by atoms with Crippen LogP contribution >= 0.6 is 0 Å². The molecule has 0 radical (unpaired) electrons. The molecule has 2 saturated heterocycles. The molecule has 8 heteroatoms. The Labute approximate surface area is 163 Å². The molecule has 2 aliphatic heterocycles. The second-order valence-electron chi connectivity index (χ2n) is 6.94. The van der Waals surface area contributed by atoms with Gasteiger partial charge in [0.15, 0.2) is 5.76 Å². The summed E-state index contributed by atoms with van der Waals surface area (Å²) in [4.78, 5) is 28.7. The number of furan rings is 1. The van der Waals surface area contributed by atoms with E-state index in [1.807, 2.05) is 24.3 Å². The summed E-state index contributed by atoms with van der Waals surface area (Å²) in [5, 5.41) is 6.52. The van der Waals surface area contributed by atoms with Crippen molar-refractivity contribution >= 4 is 11.8 Å². The molecule has 2 fully saturated rings. The summed E-state index contributed by atoms with van der Waals surface area (Å²) in [6, 6.07) is 11.0. The lowest BCUT2D eigenvalue weighted by Gasteiger charge is -2.43. The number of carbonyl (C=O) groups excluding carboxylic acids is 2. The number of piperazine rings is 1. The number of nitrogens with zero attached hydrogens (tertiary/aromatic N) is 2. The monoisotopic (exact) mass is 384 g/mol. The topological polar surface area (TPSA) is 87.1 Å². The van der Waals surface area contributed by atoms with E-state index in [4.69, 9.17) is 9.15 Å². The molecule has 0 saturated carbocycles. The lowest BCUT2D eigenvalue weighted by molar-refractivity contribution is -0.127. The van der Waals surface area contributed by atoms with Gasteiger partial charge in [0.2, 0.25) is 5.91 Å². The Morgan fingerprint density at radius 3 is 2.64 bits per heavy atom. The van der Waals surface area contributed by atoms with Crippen LogP contribution in [0.5, 0.6) is 5.75 Å². The van der Waals surface area contributed by atoms with Crippen LogP contribution in [0.3, 0.4) is 0 Å². The van der Waals surface area contributed by atoms with Gasteiger partial charge >= 0.3 is 0 Å². The van der Waals surface area contributed by atoms with Gasteiger partial charge in [-0.2, -0.15) is 0 Å². The van der Waals surface area contributed by atoms with E-state index in [9.17, 15) is 9.59 Å². The lowest BCUT2D eigenvalue weighted by atomic mass is 10.0. The van der Waals surface area contributed by atoms with Gasteiger partial charge in [0, 0.05) is 44.2 Å². The van der Waals surface area contributed by atoms with Gasteiger partial charge in [-0.3, -0.25) is 19.8 Å². The number of methoxy groups -OCH3 is 1. The van der Waals surface area contributed by atoms with Gasteiger partial charge < -0.3 is 19.4 Å². The fourth-order valence-electron chi connectivity index (χ4n) is 3.78. The summed E-state index contributed by atoms with van der Waals surface area (Å²) < 4.78 is 10.7. The lowest BCUT2D eigenvalue weighted by Crippen LogP contribution is -2.65. The molecule has 2 aliphatic rings. The normalized spacial score (nSPS) is 23.3. The van der Waals surface area contributed by atoms with Crippen molar-refractivity contribution in [2.45, 2.75) is 18.8 Å². The van der Waals surface area contributed by atoms with Crippen LogP contribution in [0.2, 0.25) is 0 Å². The van der Waals surface area contributed by atoms with Gasteiger partial charge in [0.05, 0.1) is 13.4 Å². The predicted octanol–water partition coefficient (Wildman–Crippen LogP) is 1.18. The molecule has 3 heterocycles. The van der Waals surface area contributed by atoms with E-state index in [0.29, 0.717) is 38.4 Å². The maximum atomic E-state index is 12.4. The average Bonchev–Trinajstić information content (AvgIpc) is 3.28. The van der Waals surface area contributed by atoms with E-state index in [-0.39, 0.29) is 24.1 Å². The molecule has 1 aromatic heterocycles. The van der Waals surface area contributed by atoms with Crippen molar-refractivity contribution in [1.29, 1.82) is 0 Å². The number of hydrogen-bond acceptors (Lipinski definition) is 6. The zero-order valence-corrected chi connectivity index (χ0v) is 15.8. The highest BCUT2D eigenvalue weighted by molar-refractivity contribution is 5.91. The quantitative estimate of drug-likeness (QED) is 0.823. The van der Waals surface area contributed by atoms with Crippen LogP contribution in [-0.4, -0.2) is 61.2 Å². The third-order valence-corrected chi connectivity index (χ3v) is 5.26. The molecule has 2 N–H and O–H groups in total. The minimum Gasteiger partial charge on any atom is -0.496 e. The van der Waals surface area contributed by atoms with Crippen molar-refractivity contribution in [3.63, 3.8) is 0 Å². The predicted molar refractivity (Wildman–Crippen MR) is 102 cm³/mol. The van der Waals surface area contributed by atoms with Crippen LogP contribution in [0, 0.1) is 0 Å². The molecule has 4 rings (SSSR count). The molecule has 2 aromatic rings. The Kier molecular flexibility index (Phi) is 5.31. The van der Waals surface area contributed by atoms with Gasteiger partial charge in [-0.05, 0) is 18.2 Å². The molecule has 2 amide bonds. The second kappa shape index (κ2) is 8.04. The molecule has 8 nitrogen and oxygen atoms in total. The summed E-state index contributed by atoms with van der Waals surface area (Å²) >= 11 is 0. The summed E-state index contributed by atoms with van der Waals surface area (Å²) in [5.74, 6) is 1.02. The third-order valence-electron chi connectivity index (χ3n) is 5.26. The molecule has 28 heavy (non-hydrogen) atoms. The van der Waals surface area contributed by atoms with Crippen molar-refractivity contribution in [3.8, 4) is 5.75 Å². The molecular weight excluding hydrogens is 360 g/mol. The fourth-order valence-corrected chi connectivity index (χ4v) is 3.78. The van der Waals surface area contributed by atoms with Crippen molar-refractivity contribution in [3.05, 3.63) is 54.0 Å². The summed E-state index contributed by atoms with van der Waals surface area (Å²) in [6.07, 6.45) is 1.58. The van der Waals surface area contributed by atoms with Crippen molar-refractivity contribution in [2.24, 2.45) is 0 Å². The molecule has 0 bridgehead atoms. The highest BCUT2D eigenvalue weighted by Crippen LogP contribution is 2.29. The highest BCUT2D eigenvalue weighted by Gasteiger charge is 2.34. The Balaban J connectivity index is 1.41. The number of rotatable bonds is 4. The summed E-state index contributed by atoms with van der Waals surface area (Å²) in [5.41, 5.74) is 0.969. The first-order chi connectivity index (χ1) is 13.7. The van der Waals surface area contributed by atoms with Crippen LogP contribution in [0.15, 0.2) is 47.1 Å². The highest BCUT2D eigenvalue weighted by atomic mass is 16.5. The first kappa shape index (κ1) is 18.5. The van der Waals surface area contributed by atoms with Gasteiger partial charge in [0.25, 0.3) is 5.91 Å². The molecule has 0 spiro atoms. The second-order valence-corrected chi connectivity index (χ2v) is 6.94. The largest absolute Gasteiger partial charge is 0.496 e. The van der Waals surface area contributed by atoms with Crippen LogP contribution in [0.4, 0.5) is 0 Å². The average molecular weight is 384 g/mol. The van der Waals surface area contributed by atoms with E-state index in [2.05, 4.69) is 15.5 Å². The summed E-state index contributed by atoms with van der Waals surface area (Å²) in [6.45, 7) is 2.46. The van der Waals surface area contributed by atoms with E-state index in [1.54, 1.807) is 24.1 Å². The van der Waals surface area contributed by atoms with E-state index < -0.39 is 0 Å². The maximum Gasteiger partial charge on any atom is 0.289 e. The van der Waals surface area contributed by atoms with E-state index in [0.717, 1.165) is 11.3 Å². The molecule has 2 unspecified atom stereocenters. The Hall–Kier alpha value is -2.84.